The van der Waals surface area contributed by atoms with E-state index in [0.29, 0.717) is 39.3 Å². The van der Waals surface area contributed by atoms with Crippen molar-refractivity contribution in [3.8, 4) is 0 Å². The Labute approximate surface area is 201 Å². The van der Waals surface area contributed by atoms with Gasteiger partial charge in [-0.2, -0.15) is 0 Å². The van der Waals surface area contributed by atoms with Gasteiger partial charge in [-0.1, -0.05) is 38.5 Å². The lowest BCUT2D eigenvalue weighted by molar-refractivity contribution is 0.182. The fourth-order valence-corrected chi connectivity index (χ4v) is 3.19. The summed E-state index contributed by atoms with van der Waals surface area (Å²) in [6, 6.07) is -0.166. The van der Waals surface area contributed by atoms with E-state index in [9.17, 15) is 19.2 Å². The van der Waals surface area contributed by atoms with Crippen LogP contribution in [0.25, 0.3) is 0 Å². The summed E-state index contributed by atoms with van der Waals surface area (Å²) in [5.41, 5.74) is 0. The van der Waals surface area contributed by atoms with Crippen molar-refractivity contribution in [1.29, 1.82) is 5.41 Å². The molecule has 0 fully saturated rings. The minimum Gasteiger partial charge on any atom is -0.376 e. The second kappa shape index (κ2) is 24.5. The van der Waals surface area contributed by atoms with E-state index in [1.54, 1.807) is 4.90 Å². The number of aliphatic imine (C=N–C) groups is 3. The molecule has 0 atom stereocenters. The van der Waals surface area contributed by atoms with Gasteiger partial charge in [-0.05, 0) is 38.5 Å². The molecule has 11 heteroatoms. The van der Waals surface area contributed by atoms with Gasteiger partial charge < -0.3 is 15.0 Å². The summed E-state index contributed by atoms with van der Waals surface area (Å²) in [6.45, 7) is 3.09. The van der Waals surface area contributed by atoms with Crippen molar-refractivity contribution in [1.82, 2.24) is 10.2 Å². The Bertz CT molecular complexity index is 668. The topological polar surface area (TPSA) is 154 Å². The van der Waals surface area contributed by atoms with Crippen molar-refractivity contribution in [2.75, 3.05) is 39.3 Å². The van der Waals surface area contributed by atoms with Gasteiger partial charge in [0.1, 0.15) is 0 Å². The summed E-state index contributed by atoms with van der Waals surface area (Å²) in [6.07, 6.45) is 14.3. The van der Waals surface area contributed by atoms with E-state index >= 15 is 0 Å². The van der Waals surface area contributed by atoms with Gasteiger partial charge in [0.25, 0.3) is 6.02 Å². The predicted molar refractivity (Wildman–Crippen MR) is 128 cm³/mol. The van der Waals surface area contributed by atoms with Crippen LogP contribution < -0.4 is 5.32 Å². The average Bonchev–Trinajstić information content (AvgIpc) is 2.83. The summed E-state index contributed by atoms with van der Waals surface area (Å²) < 4.78 is 5.18. The third-order valence-corrected chi connectivity index (χ3v) is 5.03. The van der Waals surface area contributed by atoms with Gasteiger partial charge >= 0.3 is 6.09 Å². The summed E-state index contributed by atoms with van der Waals surface area (Å²) in [7, 11) is 0. The standard InChI is InChI=1S/C23H38N6O5/c24-22(34-23(33)28-16-10-2-1-7-13-25-19-30)29(17-11-5-3-8-14-26-20-31)18-12-6-4-9-15-27-21-32/h24H,1-18H2,(H,28,33). The number of amides is 1. The van der Waals surface area contributed by atoms with Crippen LogP contribution in [-0.4, -0.2) is 74.5 Å². The quantitative estimate of drug-likeness (QED) is 0.111. The number of hydrogen-bond acceptors (Lipinski definition) is 9. The van der Waals surface area contributed by atoms with Crippen molar-refractivity contribution in [3.63, 3.8) is 0 Å². The Balaban J connectivity index is 4.28. The predicted octanol–water partition coefficient (Wildman–Crippen LogP) is 3.64. The van der Waals surface area contributed by atoms with Crippen molar-refractivity contribution < 1.29 is 23.9 Å². The summed E-state index contributed by atoms with van der Waals surface area (Å²) in [5, 5.41) is 10.9. The zero-order valence-corrected chi connectivity index (χ0v) is 20.1. The molecule has 0 aliphatic heterocycles. The van der Waals surface area contributed by atoms with E-state index in [1.807, 2.05) is 0 Å². The molecule has 0 aromatic rings. The smallest absolute Gasteiger partial charge is 0.376 e. The lowest BCUT2D eigenvalue weighted by Gasteiger charge is -2.24. The molecule has 0 unspecified atom stereocenters. The largest absolute Gasteiger partial charge is 0.415 e. The number of amidine groups is 1. The highest BCUT2D eigenvalue weighted by molar-refractivity contribution is 5.84. The Morgan fingerprint density at radius 1 is 0.676 bits per heavy atom. The van der Waals surface area contributed by atoms with Crippen molar-refractivity contribution in [2.45, 2.75) is 77.0 Å². The first-order valence-corrected chi connectivity index (χ1v) is 12.1. The van der Waals surface area contributed by atoms with Gasteiger partial charge in [-0.25, -0.2) is 34.2 Å². The van der Waals surface area contributed by atoms with Gasteiger partial charge in [0.05, 0.1) is 19.6 Å². The molecule has 0 rings (SSSR count). The molecule has 0 saturated heterocycles. The highest BCUT2D eigenvalue weighted by atomic mass is 16.6. The van der Waals surface area contributed by atoms with Crippen molar-refractivity contribution >= 4 is 30.4 Å². The number of isocyanates is 3. The van der Waals surface area contributed by atoms with E-state index in [0.717, 1.165) is 77.0 Å². The SMILES string of the molecule is N=C(OC(=O)NCCCCCCN=C=O)N(CCCCCCN=C=O)CCCCCCN=C=O. The number of carbonyl (C=O) groups excluding carboxylic acids is 4. The number of carbonyl (C=O) groups is 1. The molecule has 0 saturated carbocycles. The fraction of sp³-hybridized carbons (Fsp3) is 0.783. The fourth-order valence-electron chi connectivity index (χ4n) is 3.19. The molecule has 1 amide bonds. The van der Waals surface area contributed by atoms with Crippen LogP contribution in [0.3, 0.4) is 0 Å². The van der Waals surface area contributed by atoms with Gasteiger partial charge in [-0.3, -0.25) is 5.41 Å². The van der Waals surface area contributed by atoms with E-state index in [2.05, 4.69) is 20.3 Å². The van der Waals surface area contributed by atoms with Crippen LogP contribution in [0.4, 0.5) is 4.79 Å². The van der Waals surface area contributed by atoms with E-state index in [1.165, 1.54) is 18.2 Å². The van der Waals surface area contributed by atoms with Gasteiger partial charge in [-0.15, -0.1) is 0 Å². The second-order valence-corrected chi connectivity index (χ2v) is 7.77. The molecule has 0 aromatic heterocycles. The number of alkyl carbamates (subject to hydrolysis) is 1. The van der Waals surface area contributed by atoms with Crippen LogP contribution in [0.1, 0.15) is 77.0 Å². The number of unbranched alkanes of at least 4 members (excludes halogenated alkanes) is 9. The normalized spacial score (nSPS) is 9.76. The Morgan fingerprint density at radius 2 is 1.09 bits per heavy atom. The lowest BCUT2D eigenvalue weighted by atomic mass is 10.1. The molecule has 0 aromatic carbocycles. The first-order valence-electron chi connectivity index (χ1n) is 12.1. The molecule has 0 aliphatic carbocycles. The molecule has 11 nitrogen and oxygen atoms in total. The van der Waals surface area contributed by atoms with Crippen LogP contribution in [0.5, 0.6) is 0 Å². The number of ether oxygens (including phenoxy) is 1. The molecule has 0 aliphatic rings. The van der Waals surface area contributed by atoms with E-state index < -0.39 is 6.09 Å². The Morgan fingerprint density at radius 3 is 1.53 bits per heavy atom. The van der Waals surface area contributed by atoms with Crippen LogP contribution >= 0.6 is 0 Å². The molecular formula is C23H38N6O5. The van der Waals surface area contributed by atoms with E-state index in [-0.39, 0.29) is 6.02 Å². The van der Waals surface area contributed by atoms with Crippen molar-refractivity contribution in [2.24, 2.45) is 15.0 Å². The second-order valence-electron chi connectivity index (χ2n) is 7.77. The third kappa shape index (κ3) is 20.8. The molecule has 0 heterocycles. The molecule has 0 bridgehead atoms. The minimum atomic E-state index is -0.640. The summed E-state index contributed by atoms with van der Waals surface area (Å²) in [5.74, 6) is 0. The zero-order chi connectivity index (χ0) is 25.1. The highest BCUT2D eigenvalue weighted by Crippen LogP contribution is 2.07. The molecule has 2 N–H and O–H groups in total. The maximum Gasteiger partial charge on any atom is 0.415 e. The monoisotopic (exact) mass is 478 g/mol. The van der Waals surface area contributed by atoms with E-state index in [4.69, 9.17) is 10.1 Å². The number of hydrogen-bond donors (Lipinski definition) is 2. The molecule has 0 radical (unpaired) electrons. The lowest BCUT2D eigenvalue weighted by Crippen LogP contribution is -2.38. The molecular weight excluding hydrogens is 440 g/mol. The van der Waals surface area contributed by atoms with Crippen molar-refractivity contribution in [3.05, 3.63) is 0 Å². The van der Waals surface area contributed by atoms with Crippen LogP contribution in [0.15, 0.2) is 15.0 Å². The third-order valence-electron chi connectivity index (χ3n) is 5.03. The average molecular weight is 479 g/mol. The molecule has 34 heavy (non-hydrogen) atoms. The maximum absolute atomic E-state index is 12.0. The molecule has 0 spiro atoms. The molecule has 190 valence electrons. The first-order chi connectivity index (χ1) is 16.7. The minimum absolute atomic E-state index is 0.166. The zero-order valence-electron chi connectivity index (χ0n) is 20.1. The summed E-state index contributed by atoms with van der Waals surface area (Å²) in [4.78, 5) is 54.5. The van der Waals surface area contributed by atoms with Crippen LogP contribution in [0, 0.1) is 5.41 Å². The number of nitrogens with zero attached hydrogens (tertiary/aromatic N) is 4. The maximum atomic E-state index is 12.0. The van der Waals surface area contributed by atoms with Crippen LogP contribution in [-0.2, 0) is 19.1 Å². The Hall–Kier alpha value is -3.12. The first kappa shape index (κ1) is 30.9. The van der Waals surface area contributed by atoms with Crippen LogP contribution in [0.2, 0.25) is 0 Å². The Kier molecular flexibility index (Phi) is 22.3. The number of rotatable bonds is 21. The van der Waals surface area contributed by atoms with Gasteiger partial charge in [0.15, 0.2) is 0 Å². The highest BCUT2D eigenvalue weighted by Gasteiger charge is 2.14. The van der Waals surface area contributed by atoms with Gasteiger partial charge in [0, 0.05) is 19.6 Å². The summed E-state index contributed by atoms with van der Waals surface area (Å²) >= 11 is 0. The number of nitrogens with one attached hydrogen (secondary N) is 2. The van der Waals surface area contributed by atoms with Gasteiger partial charge in [0.2, 0.25) is 18.2 Å².